The molecule has 3 rings (SSSR count). The maximum Gasteiger partial charge on any atom is 0.253 e. The van der Waals surface area contributed by atoms with Gasteiger partial charge in [0, 0.05) is 36.8 Å². The van der Waals surface area contributed by atoms with Crippen molar-refractivity contribution in [2.75, 3.05) is 31.9 Å². The maximum atomic E-state index is 12.4. The second kappa shape index (κ2) is 8.10. The highest BCUT2D eigenvalue weighted by Gasteiger charge is 2.28. The quantitative estimate of drug-likeness (QED) is 0.779. The van der Waals surface area contributed by atoms with Gasteiger partial charge in [-0.2, -0.15) is 0 Å². The molecule has 0 saturated carbocycles. The summed E-state index contributed by atoms with van der Waals surface area (Å²) in [6, 6.07) is 14.7. The van der Waals surface area contributed by atoms with Crippen LogP contribution in [0, 0.1) is 0 Å². The van der Waals surface area contributed by atoms with E-state index >= 15 is 0 Å². The molecular formula is C19H19ClN2O4S. The number of amides is 2. The number of piperazine rings is 1. The molecule has 0 N–H and O–H groups in total. The minimum atomic E-state index is -3.73. The van der Waals surface area contributed by atoms with E-state index < -0.39 is 21.5 Å². The van der Waals surface area contributed by atoms with Gasteiger partial charge in [-0.15, -0.1) is 0 Å². The highest BCUT2D eigenvalue weighted by Crippen LogP contribution is 2.16. The van der Waals surface area contributed by atoms with Gasteiger partial charge in [-0.3, -0.25) is 9.59 Å². The molecule has 1 aliphatic heterocycles. The first kappa shape index (κ1) is 19.4. The summed E-state index contributed by atoms with van der Waals surface area (Å²) < 4.78 is 24.8. The van der Waals surface area contributed by atoms with Crippen LogP contribution in [0.25, 0.3) is 0 Å². The lowest BCUT2D eigenvalue weighted by molar-refractivity contribution is -0.129. The van der Waals surface area contributed by atoms with E-state index in [1.54, 1.807) is 29.2 Å². The van der Waals surface area contributed by atoms with Gasteiger partial charge >= 0.3 is 0 Å². The average Bonchev–Trinajstić information content (AvgIpc) is 2.68. The van der Waals surface area contributed by atoms with Crippen molar-refractivity contribution in [2.45, 2.75) is 4.90 Å². The Kier molecular flexibility index (Phi) is 5.82. The van der Waals surface area contributed by atoms with E-state index in [0.29, 0.717) is 36.8 Å². The van der Waals surface area contributed by atoms with Gasteiger partial charge in [0.1, 0.15) is 5.75 Å². The molecule has 0 aromatic heterocycles. The number of hydrogen-bond donors (Lipinski definition) is 0. The number of carbonyl (C=O) groups excluding carboxylic acids is 2. The van der Waals surface area contributed by atoms with Crippen molar-refractivity contribution in [3.8, 4) is 0 Å². The Morgan fingerprint density at radius 1 is 0.852 bits per heavy atom. The smallest absolute Gasteiger partial charge is 0.253 e. The Bertz CT molecular complexity index is 922. The molecule has 2 amide bonds. The second-order valence-electron chi connectivity index (χ2n) is 6.25. The molecule has 0 unspecified atom stereocenters. The van der Waals surface area contributed by atoms with Crippen LogP contribution >= 0.6 is 11.6 Å². The average molecular weight is 407 g/mol. The van der Waals surface area contributed by atoms with Gasteiger partial charge in [-0.1, -0.05) is 29.8 Å². The SMILES string of the molecule is O=C(CS(=O)(=O)c1ccc(Cl)cc1)N1CCN(C(=O)c2ccccc2)CC1. The number of halogens is 1. The third kappa shape index (κ3) is 4.67. The minimum absolute atomic E-state index is 0.0677. The molecule has 142 valence electrons. The highest BCUT2D eigenvalue weighted by molar-refractivity contribution is 7.92. The zero-order chi connectivity index (χ0) is 19.4. The summed E-state index contributed by atoms with van der Waals surface area (Å²) in [6.07, 6.45) is 0. The molecular weight excluding hydrogens is 388 g/mol. The summed E-state index contributed by atoms with van der Waals surface area (Å²) in [4.78, 5) is 28.1. The second-order valence-corrected chi connectivity index (χ2v) is 8.68. The third-order valence-electron chi connectivity index (χ3n) is 4.43. The summed E-state index contributed by atoms with van der Waals surface area (Å²) in [7, 11) is -3.73. The molecule has 1 fully saturated rings. The van der Waals surface area contributed by atoms with Crippen LogP contribution < -0.4 is 0 Å². The molecule has 1 saturated heterocycles. The molecule has 0 spiro atoms. The summed E-state index contributed by atoms with van der Waals surface area (Å²) in [5.41, 5.74) is 0.600. The van der Waals surface area contributed by atoms with E-state index in [-0.39, 0.29) is 10.8 Å². The number of rotatable bonds is 4. The molecule has 0 atom stereocenters. The van der Waals surface area contributed by atoms with Crippen molar-refractivity contribution >= 4 is 33.3 Å². The largest absolute Gasteiger partial charge is 0.338 e. The summed E-state index contributed by atoms with van der Waals surface area (Å²) in [5, 5.41) is 0.430. The van der Waals surface area contributed by atoms with Crippen molar-refractivity contribution in [3.63, 3.8) is 0 Å². The molecule has 27 heavy (non-hydrogen) atoms. The fourth-order valence-electron chi connectivity index (χ4n) is 2.90. The van der Waals surface area contributed by atoms with Crippen LogP contribution in [0.3, 0.4) is 0 Å². The summed E-state index contributed by atoms with van der Waals surface area (Å²) in [5.74, 6) is -1.14. The van der Waals surface area contributed by atoms with Crippen LogP contribution in [0.15, 0.2) is 59.5 Å². The standard InChI is InChI=1S/C19H19ClN2O4S/c20-16-6-8-17(9-7-16)27(25,26)14-18(23)21-10-12-22(13-11-21)19(24)15-4-2-1-3-5-15/h1-9H,10-14H2. The number of sulfone groups is 1. The van der Waals surface area contributed by atoms with Gasteiger partial charge < -0.3 is 9.80 Å². The highest BCUT2D eigenvalue weighted by atomic mass is 35.5. The molecule has 8 heteroatoms. The molecule has 1 aliphatic rings. The Morgan fingerprint density at radius 2 is 1.41 bits per heavy atom. The predicted molar refractivity (Wildman–Crippen MR) is 102 cm³/mol. The Labute approximate surface area is 163 Å². The molecule has 1 heterocycles. The fraction of sp³-hybridized carbons (Fsp3) is 0.263. The molecule has 6 nitrogen and oxygen atoms in total. The molecule has 0 radical (unpaired) electrons. The Morgan fingerprint density at radius 3 is 2.00 bits per heavy atom. The van der Waals surface area contributed by atoms with Gasteiger partial charge in [0.15, 0.2) is 9.84 Å². The normalized spacial score (nSPS) is 14.9. The van der Waals surface area contributed by atoms with Crippen LogP contribution in [0.2, 0.25) is 5.02 Å². The van der Waals surface area contributed by atoms with E-state index in [1.165, 1.54) is 29.2 Å². The van der Waals surface area contributed by atoms with Crippen LogP contribution in [-0.4, -0.2) is 62.0 Å². The first-order valence-electron chi connectivity index (χ1n) is 8.47. The van der Waals surface area contributed by atoms with E-state index in [9.17, 15) is 18.0 Å². The number of benzene rings is 2. The predicted octanol–water partition coefficient (Wildman–Crippen LogP) is 2.10. The van der Waals surface area contributed by atoms with E-state index in [0.717, 1.165) is 0 Å². The van der Waals surface area contributed by atoms with Crippen LogP contribution in [-0.2, 0) is 14.6 Å². The zero-order valence-corrected chi connectivity index (χ0v) is 16.1. The molecule has 2 aromatic carbocycles. The van der Waals surface area contributed by atoms with Gasteiger partial charge in [-0.25, -0.2) is 8.42 Å². The van der Waals surface area contributed by atoms with Crippen molar-refractivity contribution in [3.05, 3.63) is 65.2 Å². The monoisotopic (exact) mass is 406 g/mol. The van der Waals surface area contributed by atoms with Crippen LogP contribution in [0.5, 0.6) is 0 Å². The lowest BCUT2D eigenvalue weighted by Crippen LogP contribution is -2.51. The fourth-order valence-corrected chi connectivity index (χ4v) is 4.25. The van der Waals surface area contributed by atoms with Crippen molar-refractivity contribution < 1.29 is 18.0 Å². The number of carbonyl (C=O) groups is 2. The number of nitrogens with zero attached hydrogens (tertiary/aromatic N) is 2. The van der Waals surface area contributed by atoms with Crippen molar-refractivity contribution in [2.24, 2.45) is 0 Å². The van der Waals surface area contributed by atoms with Gasteiger partial charge in [0.25, 0.3) is 5.91 Å². The van der Waals surface area contributed by atoms with E-state index in [4.69, 9.17) is 11.6 Å². The first-order chi connectivity index (χ1) is 12.9. The lowest BCUT2D eigenvalue weighted by atomic mass is 10.2. The topological polar surface area (TPSA) is 74.8 Å². The van der Waals surface area contributed by atoms with Gasteiger partial charge in [-0.05, 0) is 36.4 Å². The van der Waals surface area contributed by atoms with Gasteiger partial charge in [0.05, 0.1) is 4.90 Å². The maximum absolute atomic E-state index is 12.4. The van der Waals surface area contributed by atoms with Crippen molar-refractivity contribution in [1.29, 1.82) is 0 Å². The third-order valence-corrected chi connectivity index (χ3v) is 6.30. The molecule has 0 bridgehead atoms. The van der Waals surface area contributed by atoms with Gasteiger partial charge in [0.2, 0.25) is 5.91 Å². The van der Waals surface area contributed by atoms with Crippen LogP contribution in [0.4, 0.5) is 0 Å². The zero-order valence-electron chi connectivity index (χ0n) is 14.5. The van der Waals surface area contributed by atoms with E-state index in [2.05, 4.69) is 0 Å². The first-order valence-corrected chi connectivity index (χ1v) is 10.5. The minimum Gasteiger partial charge on any atom is -0.338 e. The number of hydrogen-bond acceptors (Lipinski definition) is 4. The van der Waals surface area contributed by atoms with E-state index in [1.807, 2.05) is 6.07 Å². The van der Waals surface area contributed by atoms with Crippen molar-refractivity contribution in [1.82, 2.24) is 9.80 Å². The lowest BCUT2D eigenvalue weighted by Gasteiger charge is -2.34. The Balaban J connectivity index is 1.58. The van der Waals surface area contributed by atoms with Crippen LogP contribution in [0.1, 0.15) is 10.4 Å². The molecule has 2 aromatic rings. The Hall–Kier alpha value is -2.38. The summed E-state index contributed by atoms with van der Waals surface area (Å²) >= 11 is 5.77. The molecule has 0 aliphatic carbocycles. The summed E-state index contributed by atoms with van der Waals surface area (Å²) in [6.45, 7) is 1.38.